The van der Waals surface area contributed by atoms with Gasteiger partial charge < -0.3 is 4.57 Å². The third-order valence-electron chi connectivity index (χ3n) is 10.5. The van der Waals surface area contributed by atoms with E-state index in [1.165, 1.54) is 22.3 Å². The van der Waals surface area contributed by atoms with Crippen LogP contribution in [0.1, 0.15) is 11.1 Å². The molecule has 1 aromatic heterocycles. The van der Waals surface area contributed by atoms with Gasteiger partial charge in [0.2, 0.25) is 0 Å². The molecule has 61 heavy (non-hydrogen) atoms. The predicted molar refractivity (Wildman–Crippen MR) is 252 cm³/mol. The van der Waals surface area contributed by atoms with Gasteiger partial charge in [0, 0.05) is 33.9 Å². The molecule has 8 aromatic carbocycles. The van der Waals surface area contributed by atoms with Gasteiger partial charge in [-0.25, -0.2) is 0 Å². The molecule has 0 spiro atoms. The van der Waals surface area contributed by atoms with E-state index in [0.717, 1.165) is 49.7 Å². The summed E-state index contributed by atoms with van der Waals surface area (Å²) < 4.78 is 3.26. The Balaban J connectivity index is 0.000000140. The van der Waals surface area contributed by atoms with Crippen molar-refractivity contribution in [2.75, 3.05) is 0 Å². The molecular weight excluding hydrogens is 823 g/mol. The number of allylic oxidation sites excluding steroid dienone is 1. The first-order valence-electron chi connectivity index (χ1n) is 19.7. The molecule has 10 rings (SSSR count). The van der Waals surface area contributed by atoms with Crippen molar-refractivity contribution in [3.63, 3.8) is 0 Å². The van der Waals surface area contributed by atoms with E-state index in [1.807, 2.05) is 97.2 Å². The third-order valence-corrected chi connectivity index (χ3v) is 11.0. The Morgan fingerprint density at radius 1 is 0.475 bits per heavy atom. The lowest BCUT2D eigenvalue weighted by Crippen LogP contribution is -1.93. The van der Waals surface area contributed by atoms with Gasteiger partial charge in [0.15, 0.2) is 0 Å². The lowest BCUT2D eigenvalue weighted by Gasteiger charge is -2.09. The van der Waals surface area contributed by atoms with Gasteiger partial charge in [-0.2, -0.15) is 0 Å². The second-order valence-corrected chi connectivity index (χ2v) is 15.2. The predicted octanol–water partition coefficient (Wildman–Crippen LogP) is 14.8. The van der Waals surface area contributed by atoms with E-state index in [1.54, 1.807) is 36.4 Å². The maximum atomic E-state index is 11.4. The second kappa shape index (κ2) is 18.5. The first-order chi connectivity index (χ1) is 29.8. The number of benzene rings is 8. The minimum Gasteiger partial charge on any atom is -0.317 e. The molecule has 296 valence electrons. The van der Waals surface area contributed by atoms with Gasteiger partial charge in [-0.1, -0.05) is 155 Å². The van der Waals surface area contributed by atoms with E-state index in [2.05, 4.69) is 105 Å². The number of para-hydroxylation sites is 2. The Hall–Kier alpha value is -7.68. The van der Waals surface area contributed by atoms with Crippen molar-refractivity contribution in [2.45, 2.75) is 6.42 Å². The molecule has 0 saturated carbocycles. The average Bonchev–Trinajstić information content (AvgIpc) is 3.97. The number of hydrogen-bond acceptors (Lipinski definition) is 4. The van der Waals surface area contributed by atoms with Crippen LogP contribution in [0.4, 0.5) is 11.4 Å². The maximum Gasteiger partial charge on any atom is 0.277 e. The van der Waals surface area contributed by atoms with E-state index < -0.39 is 0 Å². The van der Waals surface area contributed by atoms with Crippen LogP contribution in [0.2, 0.25) is 0 Å². The Bertz CT molecular complexity index is 3030. The largest absolute Gasteiger partial charge is 0.317 e. The van der Waals surface area contributed by atoms with Gasteiger partial charge in [0.1, 0.15) is 0 Å². The maximum absolute atomic E-state index is 11.4. The summed E-state index contributed by atoms with van der Waals surface area (Å²) in [5.74, 6) is 0. The van der Waals surface area contributed by atoms with E-state index in [-0.39, 0.29) is 21.2 Å². The number of aromatic nitrogens is 1. The molecule has 1 heterocycles. The molecule has 0 aliphatic heterocycles. The van der Waals surface area contributed by atoms with Crippen molar-refractivity contribution < 1.29 is 9.85 Å². The highest BCUT2D eigenvalue weighted by atomic mass is 79.9. The molecule has 8 heteroatoms. The highest BCUT2D eigenvalue weighted by molar-refractivity contribution is 9.10. The fourth-order valence-corrected chi connectivity index (χ4v) is 7.87. The van der Waals surface area contributed by atoms with Crippen LogP contribution in [0, 0.1) is 20.2 Å². The number of halogens is 1. The summed E-state index contributed by atoms with van der Waals surface area (Å²) in [4.78, 5) is 21.8. The quantitative estimate of drug-likeness (QED) is 0.118. The summed E-state index contributed by atoms with van der Waals surface area (Å²) in [5, 5.41) is 23.5. The smallest absolute Gasteiger partial charge is 0.277 e. The fraction of sp³-hybridized carbons (Fsp3) is 0.0189. The molecule has 0 amide bonds. The Labute approximate surface area is 362 Å². The highest BCUT2D eigenvalue weighted by Crippen LogP contribution is 2.34. The number of rotatable bonds is 7. The van der Waals surface area contributed by atoms with E-state index in [9.17, 15) is 20.2 Å². The van der Waals surface area contributed by atoms with Gasteiger partial charge in [-0.15, -0.1) is 0 Å². The van der Waals surface area contributed by atoms with Gasteiger partial charge in [0.05, 0.1) is 26.5 Å². The normalized spacial score (nSPS) is 11.2. The SMILES string of the molecule is Brc1cccc(-c2ccccc2)c1.O=[N+]([O-])c1ccccc1-c1ccc2c(c1)C=CC2.O=[N+]([O-])c1ccccc1-c1ccc2c(ccn2-c2cccc(-c3ccccc3)c2)c1. The first kappa shape index (κ1) is 40.1. The topological polar surface area (TPSA) is 91.2 Å². The molecule has 1 aliphatic carbocycles. The van der Waals surface area contributed by atoms with Crippen molar-refractivity contribution in [3.05, 3.63) is 248 Å². The van der Waals surface area contributed by atoms with Crippen LogP contribution >= 0.6 is 15.9 Å². The molecule has 0 bridgehead atoms. The Morgan fingerprint density at radius 2 is 1.02 bits per heavy atom. The molecule has 1 aliphatic rings. The molecular formula is C53H38BrN3O4. The number of fused-ring (bicyclic) bond motifs is 2. The van der Waals surface area contributed by atoms with Crippen LogP contribution in [-0.4, -0.2) is 14.4 Å². The zero-order chi connectivity index (χ0) is 42.1. The lowest BCUT2D eigenvalue weighted by atomic mass is 9.99. The summed E-state index contributed by atoms with van der Waals surface area (Å²) >= 11 is 3.46. The zero-order valence-corrected chi connectivity index (χ0v) is 34.4. The Kier molecular flexibility index (Phi) is 12.2. The van der Waals surface area contributed by atoms with Crippen molar-refractivity contribution in [3.8, 4) is 50.2 Å². The number of nitro benzene ring substituents is 2. The molecule has 0 atom stereocenters. The van der Waals surface area contributed by atoms with E-state index >= 15 is 0 Å². The van der Waals surface area contributed by atoms with E-state index in [4.69, 9.17) is 0 Å². The van der Waals surface area contributed by atoms with E-state index in [0.29, 0.717) is 11.1 Å². The van der Waals surface area contributed by atoms with Gasteiger partial charge >= 0.3 is 0 Å². The molecule has 9 aromatic rings. The lowest BCUT2D eigenvalue weighted by molar-refractivity contribution is -0.384. The Morgan fingerprint density at radius 3 is 1.64 bits per heavy atom. The summed E-state index contributed by atoms with van der Waals surface area (Å²) in [6, 6.07) is 65.1. The standard InChI is InChI=1S/C26H18N2O2.C15H11NO2.C12H9Br/c29-28(30)26-12-5-4-11-24(26)21-13-14-25-22(17-21)15-16-27(25)23-10-6-9-20(18-23)19-7-2-1-3-8-19;17-16(18)15-7-2-1-6-14(15)13-9-8-11-4-3-5-12(11)10-13;13-12-8-4-7-11(9-12)10-5-2-1-3-6-10/h1-18H;1-3,5-10H,4H2;1-9H. The molecule has 0 N–H and O–H groups in total. The fourth-order valence-electron chi connectivity index (χ4n) is 7.47. The van der Waals surface area contributed by atoms with Gasteiger partial charge in [-0.05, 0) is 112 Å². The number of hydrogen-bond donors (Lipinski definition) is 0. The monoisotopic (exact) mass is 859 g/mol. The molecule has 7 nitrogen and oxygen atoms in total. The van der Waals surface area contributed by atoms with Gasteiger partial charge in [0.25, 0.3) is 11.4 Å². The minimum atomic E-state index is -0.335. The van der Waals surface area contributed by atoms with Crippen molar-refractivity contribution >= 4 is 44.3 Å². The summed E-state index contributed by atoms with van der Waals surface area (Å²) in [6.07, 6.45) is 7.16. The summed E-state index contributed by atoms with van der Waals surface area (Å²) in [7, 11) is 0. The van der Waals surface area contributed by atoms with Crippen LogP contribution in [0.15, 0.2) is 217 Å². The van der Waals surface area contributed by atoms with Crippen LogP contribution in [0.5, 0.6) is 0 Å². The third kappa shape index (κ3) is 9.31. The zero-order valence-electron chi connectivity index (χ0n) is 32.8. The molecule has 0 unspecified atom stereocenters. The van der Waals surface area contributed by atoms with Crippen LogP contribution in [0.25, 0.3) is 67.2 Å². The van der Waals surface area contributed by atoms with Crippen LogP contribution in [0.3, 0.4) is 0 Å². The molecule has 0 radical (unpaired) electrons. The second-order valence-electron chi connectivity index (χ2n) is 14.3. The summed E-state index contributed by atoms with van der Waals surface area (Å²) in [6.45, 7) is 0. The molecule has 0 fully saturated rings. The minimum absolute atomic E-state index is 0.117. The van der Waals surface area contributed by atoms with Gasteiger partial charge in [-0.3, -0.25) is 20.2 Å². The van der Waals surface area contributed by atoms with Crippen molar-refractivity contribution in [1.82, 2.24) is 4.57 Å². The first-order valence-corrected chi connectivity index (χ1v) is 20.5. The summed E-state index contributed by atoms with van der Waals surface area (Å²) in [5.41, 5.74) is 12.7. The van der Waals surface area contributed by atoms with Crippen LogP contribution < -0.4 is 0 Å². The van der Waals surface area contributed by atoms with Crippen LogP contribution in [-0.2, 0) is 6.42 Å². The highest BCUT2D eigenvalue weighted by Gasteiger charge is 2.17. The van der Waals surface area contributed by atoms with Crippen molar-refractivity contribution in [2.24, 2.45) is 0 Å². The van der Waals surface area contributed by atoms with Crippen molar-refractivity contribution in [1.29, 1.82) is 0 Å². The molecule has 0 saturated heterocycles. The number of nitrogens with zero attached hydrogens (tertiary/aromatic N) is 3. The average molecular weight is 861 g/mol. The number of nitro groups is 2.